The summed E-state index contributed by atoms with van der Waals surface area (Å²) in [7, 11) is 0. The topological polar surface area (TPSA) is 55.4 Å². The van der Waals surface area contributed by atoms with Crippen LogP contribution in [0.15, 0.2) is 34.1 Å². The number of hydrogen-bond donors (Lipinski definition) is 1. The van der Waals surface area contributed by atoms with Crippen molar-refractivity contribution in [3.05, 3.63) is 39.7 Å². The minimum Gasteiger partial charge on any atom is -0.462 e. The molecule has 0 spiro atoms. The first-order valence-electron chi connectivity index (χ1n) is 6.57. The lowest BCUT2D eigenvalue weighted by atomic mass is 10.0. The molecule has 0 fully saturated rings. The van der Waals surface area contributed by atoms with Crippen LogP contribution in [0.1, 0.15) is 17.3 Å². The summed E-state index contributed by atoms with van der Waals surface area (Å²) in [5.41, 5.74) is 1.81. The van der Waals surface area contributed by atoms with E-state index in [0.29, 0.717) is 16.1 Å². The first-order chi connectivity index (χ1) is 10.9. The summed E-state index contributed by atoms with van der Waals surface area (Å²) in [6, 6.07) is 7.47. The van der Waals surface area contributed by atoms with E-state index in [2.05, 4.69) is 21.2 Å². The van der Waals surface area contributed by atoms with E-state index in [1.165, 1.54) is 11.3 Å². The fourth-order valence-electron chi connectivity index (χ4n) is 1.86. The van der Waals surface area contributed by atoms with Crippen molar-refractivity contribution in [2.75, 3.05) is 11.9 Å². The van der Waals surface area contributed by atoms with Crippen LogP contribution < -0.4 is 5.32 Å². The van der Waals surface area contributed by atoms with E-state index in [-0.39, 0.29) is 6.61 Å². The molecule has 0 bridgehead atoms. The van der Waals surface area contributed by atoms with Crippen LogP contribution >= 0.6 is 50.5 Å². The van der Waals surface area contributed by atoms with E-state index in [1.807, 2.05) is 24.3 Å². The van der Waals surface area contributed by atoms with Gasteiger partial charge in [0.2, 0.25) is 0 Å². The monoisotopic (exact) mass is 435 g/mol. The van der Waals surface area contributed by atoms with E-state index >= 15 is 0 Å². The van der Waals surface area contributed by atoms with E-state index < -0.39 is 16.7 Å². The molecular formula is C15H12BrCl2NO3S. The highest BCUT2D eigenvalue weighted by molar-refractivity contribution is 9.10. The van der Waals surface area contributed by atoms with Gasteiger partial charge in [0.25, 0.3) is 5.91 Å². The number of hydrogen-bond acceptors (Lipinski definition) is 4. The van der Waals surface area contributed by atoms with Crippen LogP contribution in [0.25, 0.3) is 11.1 Å². The fraction of sp³-hybridized carbons (Fsp3) is 0.200. The molecule has 0 saturated carbocycles. The van der Waals surface area contributed by atoms with Crippen molar-refractivity contribution in [3.8, 4) is 11.1 Å². The van der Waals surface area contributed by atoms with E-state index in [1.54, 1.807) is 12.3 Å². The second-order valence-electron chi connectivity index (χ2n) is 4.37. The molecule has 0 aliphatic carbocycles. The normalized spacial score (nSPS) is 10.7. The van der Waals surface area contributed by atoms with Gasteiger partial charge in [0.1, 0.15) is 10.6 Å². The lowest BCUT2D eigenvalue weighted by molar-refractivity contribution is -0.114. The van der Waals surface area contributed by atoms with Gasteiger partial charge in [0, 0.05) is 15.4 Å². The molecule has 1 N–H and O–H groups in total. The highest BCUT2D eigenvalue weighted by Gasteiger charge is 2.24. The van der Waals surface area contributed by atoms with Crippen LogP contribution in [-0.4, -0.2) is 23.3 Å². The molecule has 4 nitrogen and oxygen atoms in total. The number of halogens is 3. The summed E-state index contributed by atoms with van der Waals surface area (Å²) >= 11 is 15.7. The average molecular weight is 437 g/mol. The summed E-state index contributed by atoms with van der Waals surface area (Å²) in [5.74, 6) is -1.11. The first kappa shape index (κ1) is 18.3. The van der Waals surface area contributed by atoms with Crippen molar-refractivity contribution in [1.82, 2.24) is 0 Å². The Hall–Kier alpha value is -1.08. The van der Waals surface area contributed by atoms with Crippen molar-refractivity contribution in [2.24, 2.45) is 0 Å². The van der Waals surface area contributed by atoms with E-state index in [0.717, 1.165) is 10.0 Å². The van der Waals surface area contributed by atoms with Crippen molar-refractivity contribution in [1.29, 1.82) is 0 Å². The molecule has 2 rings (SSSR count). The van der Waals surface area contributed by atoms with Crippen LogP contribution in [0, 0.1) is 0 Å². The highest BCUT2D eigenvalue weighted by atomic mass is 79.9. The molecule has 0 saturated heterocycles. The number of carbonyl (C=O) groups is 2. The Morgan fingerprint density at radius 2 is 1.96 bits per heavy atom. The molecule has 0 atom stereocenters. The maximum atomic E-state index is 12.3. The van der Waals surface area contributed by atoms with Gasteiger partial charge in [-0.2, -0.15) is 0 Å². The molecule has 1 aromatic carbocycles. The van der Waals surface area contributed by atoms with Gasteiger partial charge in [-0.1, -0.05) is 51.3 Å². The lowest BCUT2D eigenvalue weighted by Gasteiger charge is -2.09. The number of rotatable bonds is 5. The fourth-order valence-corrected chi connectivity index (χ4v) is 3.20. The molecule has 1 amide bonds. The third-order valence-corrected chi connectivity index (χ3v) is 4.68. The second-order valence-corrected chi connectivity index (χ2v) is 7.26. The molecule has 23 heavy (non-hydrogen) atoms. The predicted octanol–water partition coefficient (Wildman–Crippen LogP) is 5.10. The molecule has 1 aromatic heterocycles. The summed E-state index contributed by atoms with van der Waals surface area (Å²) in [5, 5.41) is 4.70. The Labute approximate surface area is 155 Å². The van der Waals surface area contributed by atoms with Crippen molar-refractivity contribution in [3.63, 3.8) is 0 Å². The quantitative estimate of drug-likeness (QED) is 0.524. The predicted molar refractivity (Wildman–Crippen MR) is 97.5 cm³/mol. The molecule has 0 radical (unpaired) electrons. The molecule has 122 valence electrons. The van der Waals surface area contributed by atoms with E-state index in [9.17, 15) is 9.59 Å². The minimum absolute atomic E-state index is 0.232. The van der Waals surface area contributed by atoms with Crippen LogP contribution in [0.3, 0.4) is 0 Å². The number of nitrogens with one attached hydrogen (secondary N) is 1. The van der Waals surface area contributed by atoms with Gasteiger partial charge in [0.05, 0.1) is 6.61 Å². The molecule has 0 aliphatic rings. The van der Waals surface area contributed by atoms with Crippen LogP contribution in [0.4, 0.5) is 5.00 Å². The number of anilines is 1. The average Bonchev–Trinajstić information content (AvgIpc) is 2.91. The number of esters is 1. The molecule has 0 unspecified atom stereocenters. The SMILES string of the molecule is CCOC(=O)c1c(-c2ccc(Br)cc2)csc1NC(=O)C(Cl)Cl. The van der Waals surface area contributed by atoms with Gasteiger partial charge < -0.3 is 10.1 Å². The molecule has 0 aliphatic heterocycles. The van der Waals surface area contributed by atoms with Gasteiger partial charge in [0.15, 0.2) is 4.84 Å². The van der Waals surface area contributed by atoms with Crippen molar-refractivity contribution < 1.29 is 14.3 Å². The van der Waals surface area contributed by atoms with Gasteiger partial charge in [-0.15, -0.1) is 11.3 Å². The standard InChI is InChI=1S/C15H12BrCl2NO3S/c1-2-22-15(21)11-10(8-3-5-9(16)6-4-8)7-23-14(11)19-13(20)12(17)18/h3-7,12H,2H2,1H3,(H,19,20). The first-order valence-corrected chi connectivity index (χ1v) is 9.12. The van der Waals surface area contributed by atoms with Crippen LogP contribution in [-0.2, 0) is 9.53 Å². The van der Waals surface area contributed by atoms with Crippen LogP contribution in [0.2, 0.25) is 0 Å². The Bertz CT molecular complexity index is 716. The van der Waals surface area contributed by atoms with Gasteiger partial charge >= 0.3 is 5.97 Å². The number of amides is 1. The second kappa shape index (κ2) is 8.15. The third-order valence-electron chi connectivity index (χ3n) is 2.86. The zero-order chi connectivity index (χ0) is 17.0. The maximum absolute atomic E-state index is 12.3. The van der Waals surface area contributed by atoms with E-state index in [4.69, 9.17) is 27.9 Å². The Morgan fingerprint density at radius 3 is 2.52 bits per heavy atom. The smallest absolute Gasteiger partial charge is 0.341 e. The van der Waals surface area contributed by atoms with Gasteiger partial charge in [-0.3, -0.25) is 4.79 Å². The molecule has 8 heteroatoms. The van der Waals surface area contributed by atoms with Gasteiger partial charge in [-0.05, 0) is 24.6 Å². The zero-order valence-corrected chi connectivity index (χ0v) is 15.9. The van der Waals surface area contributed by atoms with Crippen molar-refractivity contribution >= 4 is 67.3 Å². The zero-order valence-electron chi connectivity index (χ0n) is 11.9. The Morgan fingerprint density at radius 1 is 1.30 bits per heavy atom. The lowest BCUT2D eigenvalue weighted by Crippen LogP contribution is -2.19. The maximum Gasteiger partial charge on any atom is 0.341 e. The molecular weight excluding hydrogens is 425 g/mol. The summed E-state index contributed by atoms with van der Waals surface area (Å²) in [6.07, 6.45) is 0. The van der Waals surface area contributed by atoms with Crippen molar-refractivity contribution in [2.45, 2.75) is 11.8 Å². The third kappa shape index (κ3) is 4.47. The number of ether oxygens (including phenoxy) is 1. The number of benzene rings is 1. The van der Waals surface area contributed by atoms with Crippen LogP contribution in [0.5, 0.6) is 0 Å². The summed E-state index contributed by atoms with van der Waals surface area (Å²) < 4.78 is 6.02. The number of carbonyl (C=O) groups excluding carboxylic acids is 2. The summed E-state index contributed by atoms with van der Waals surface area (Å²) in [4.78, 5) is 22.8. The largest absolute Gasteiger partial charge is 0.462 e. The molecule has 1 heterocycles. The highest BCUT2D eigenvalue weighted by Crippen LogP contribution is 2.37. The number of thiophene rings is 1. The minimum atomic E-state index is -1.22. The van der Waals surface area contributed by atoms with Gasteiger partial charge in [-0.25, -0.2) is 4.79 Å². The Kier molecular flexibility index (Phi) is 6.47. The summed E-state index contributed by atoms with van der Waals surface area (Å²) in [6.45, 7) is 1.95. The number of alkyl halides is 2. The Balaban J connectivity index is 2.46. The molecule has 2 aromatic rings.